The van der Waals surface area contributed by atoms with Crippen molar-refractivity contribution < 1.29 is 48.7 Å². The Morgan fingerprint density at radius 1 is 0.952 bits per heavy atom. The van der Waals surface area contributed by atoms with Gasteiger partial charge in [0, 0.05) is 0 Å². The van der Waals surface area contributed by atoms with Crippen LogP contribution in [0.2, 0.25) is 0 Å². The molecule has 1 unspecified atom stereocenters. The number of rotatable bonds is 14. The van der Waals surface area contributed by atoms with Crippen LogP contribution in [0.5, 0.6) is 0 Å². The smallest absolute Gasteiger partial charge is 1.00 e. The van der Waals surface area contributed by atoms with Gasteiger partial charge in [-0.05, 0) is 6.42 Å². The van der Waals surface area contributed by atoms with Crippen LogP contribution in [0.25, 0.3) is 0 Å². The summed E-state index contributed by atoms with van der Waals surface area (Å²) in [6.45, 7) is 2.23. The van der Waals surface area contributed by atoms with Crippen LogP contribution in [0.1, 0.15) is 79.0 Å². The fraction of sp³-hybridized carbons (Fsp3) is 1.00. The molecule has 0 spiro atoms. The Bertz CT molecular complexity index is 313. The van der Waals surface area contributed by atoms with Crippen molar-refractivity contribution in [1.82, 2.24) is 0 Å². The Balaban J connectivity index is -0.00000180. The molecule has 0 aromatic rings. The fourth-order valence-corrected chi connectivity index (χ4v) is 3.03. The molecule has 0 radical (unpaired) electrons. The molecule has 0 bridgehead atoms. The quantitative estimate of drug-likeness (QED) is 0.290. The van der Waals surface area contributed by atoms with E-state index in [0.717, 1.165) is 20.0 Å². The molecule has 0 aliphatic rings. The maximum absolute atomic E-state index is 11.1. The number of hydrogen-bond acceptors (Lipinski definition) is 4. The second kappa shape index (κ2) is 15.8. The third-order valence-corrected chi connectivity index (χ3v) is 4.84. The van der Waals surface area contributed by atoms with Crippen molar-refractivity contribution >= 4 is 10.1 Å². The van der Waals surface area contributed by atoms with Crippen molar-refractivity contribution in [3.8, 4) is 0 Å². The van der Waals surface area contributed by atoms with E-state index >= 15 is 0 Å². The zero-order valence-corrected chi connectivity index (χ0v) is 17.0. The minimum absolute atomic E-state index is 0. The summed E-state index contributed by atoms with van der Waals surface area (Å²) in [5.74, 6) is -0.291. The molecule has 0 amide bonds. The van der Waals surface area contributed by atoms with E-state index < -0.39 is 16.2 Å². The molecule has 0 saturated carbocycles. The van der Waals surface area contributed by atoms with Crippen molar-refractivity contribution in [2.45, 2.75) is 83.7 Å². The average Bonchev–Trinajstić information content (AvgIpc) is 2.40. The number of unbranched alkanes of at least 4 members (excludes halogenated alkanes) is 9. The van der Waals surface area contributed by atoms with Crippen LogP contribution in [-0.2, 0) is 14.3 Å². The summed E-state index contributed by atoms with van der Waals surface area (Å²) in [6, 6.07) is 0. The molecule has 0 saturated heterocycles. The van der Waals surface area contributed by atoms with Crippen LogP contribution in [0.4, 0.5) is 0 Å². The van der Waals surface area contributed by atoms with E-state index in [4.69, 9.17) is 0 Å². The SMILES string of the molecule is CCCCCCCCCCCCC(O)CS(=O)(=O)OC.[H-].[Na+]. The van der Waals surface area contributed by atoms with E-state index in [1.807, 2.05) is 0 Å². The monoisotopic (exact) mass is 332 g/mol. The Labute approximate surface area is 154 Å². The summed E-state index contributed by atoms with van der Waals surface area (Å²) in [7, 11) is -2.40. The Morgan fingerprint density at radius 2 is 1.38 bits per heavy atom. The van der Waals surface area contributed by atoms with Gasteiger partial charge in [-0.25, -0.2) is 0 Å². The van der Waals surface area contributed by atoms with Gasteiger partial charge in [-0.3, -0.25) is 4.18 Å². The molecule has 21 heavy (non-hydrogen) atoms. The Morgan fingerprint density at radius 3 is 1.81 bits per heavy atom. The van der Waals surface area contributed by atoms with Gasteiger partial charge in [0.15, 0.2) is 0 Å². The summed E-state index contributed by atoms with van der Waals surface area (Å²) in [4.78, 5) is 0. The van der Waals surface area contributed by atoms with Crippen molar-refractivity contribution in [3.63, 3.8) is 0 Å². The normalized spacial score (nSPS) is 12.9. The van der Waals surface area contributed by atoms with E-state index in [2.05, 4.69) is 11.1 Å². The van der Waals surface area contributed by atoms with Crippen LogP contribution < -0.4 is 29.6 Å². The van der Waals surface area contributed by atoms with Gasteiger partial charge in [-0.1, -0.05) is 71.1 Å². The summed E-state index contributed by atoms with van der Waals surface area (Å²) < 4.78 is 26.5. The molecule has 124 valence electrons. The van der Waals surface area contributed by atoms with Crippen LogP contribution >= 0.6 is 0 Å². The average molecular weight is 332 g/mol. The second-order valence-corrected chi connectivity index (χ2v) is 7.30. The zero-order valence-electron chi connectivity index (χ0n) is 15.1. The third kappa shape index (κ3) is 17.1. The molecule has 0 aromatic heterocycles. The molecule has 4 nitrogen and oxygen atoms in total. The molecule has 0 rings (SSSR count). The Hall–Kier alpha value is 0.870. The molecule has 0 aliphatic heterocycles. The van der Waals surface area contributed by atoms with Gasteiger partial charge in [0.2, 0.25) is 0 Å². The van der Waals surface area contributed by atoms with Crippen LogP contribution in [0, 0.1) is 0 Å². The van der Waals surface area contributed by atoms with Gasteiger partial charge in [0.1, 0.15) is 5.75 Å². The van der Waals surface area contributed by atoms with E-state index in [-0.39, 0.29) is 36.7 Å². The molecule has 0 aromatic carbocycles. The van der Waals surface area contributed by atoms with Crippen LogP contribution in [-0.4, -0.2) is 32.5 Å². The van der Waals surface area contributed by atoms with Crippen molar-refractivity contribution in [1.29, 1.82) is 0 Å². The summed E-state index contributed by atoms with van der Waals surface area (Å²) >= 11 is 0. The molecular formula is C15H33NaO4S. The summed E-state index contributed by atoms with van der Waals surface area (Å²) in [6.07, 6.45) is 12.1. The van der Waals surface area contributed by atoms with Gasteiger partial charge in [0.05, 0.1) is 13.2 Å². The van der Waals surface area contributed by atoms with E-state index in [1.54, 1.807) is 0 Å². The molecular weight excluding hydrogens is 299 g/mol. The minimum atomic E-state index is -3.53. The molecule has 0 fully saturated rings. The number of aliphatic hydroxyl groups is 1. The van der Waals surface area contributed by atoms with Gasteiger partial charge in [-0.2, -0.15) is 8.42 Å². The van der Waals surface area contributed by atoms with Crippen LogP contribution in [0.3, 0.4) is 0 Å². The van der Waals surface area contributed by atoms with Crippen molar-refractivity contribution in [3.05, 3.63) is 0 Å². The first-order chi connectivity index (χ1) is 9.52. The predicted molar refractivity (Wildman–Crippen MR) is 84.4 cm³/mol. The number of hydrogen-bond donors (Lipinski definition) is 1. The largest absolute Gasteiger partial charge is 1.00 e. The van der Waals surface area contributed by atoms with Gasteiger partial charge in [0.25, 0.3) is 10.1 Å². The van der Waals surface area contributed by atoms with Crippen LogP contribution in [0.15, 0.2) is 0 Å². The standard InChI is InChI=1S/C15H32O4S.Na.H/c1-3-4-5-6-7-8-9-10-11-12-13-15(16)14-20(17,18)19-2;;/h15-16H,3-14H2,1-2H3;;/q;+1;-1. The first kappa shape index (κ1) is 24.1. The topological polar surface area (TPSA) is 63.6 Å². The molecule has 0 heterocycles. The van der Waals surface area contributed by atoms with E-state index in [9.17, 15) is 13.5 Å². The first-order valence-corrected chi connectivity index (χ1v) is 9.56. The zero-order chi connectivity index (χ0) is 15.3. The first-order valence-electron chi connectivity index (χ1n) is 7.98. The van der Waals surface area contributed by atoms with E-state index in [0.29, 0.717) is 6.42 Å². The molecule has 6 heteroatoms. The van der Waals surface area contributed by atoms with Gasteiger partial charge >= 0.3 is 29.6 Å². The van der Waals surface area contributed by atoms with Crippen molar-refractivity contribution in [2.75, 3.05) is 12.9 Å². The molecule has 0 aliphatic carbocycles. The predicted octanol–water partition coefficient (Wildman–Crippen LogP) is 0.751. The maximum Gasteiger partial charge on any atom is 1.00 e. The maximum atomic E-state index is 11.1. The minimum Gasteiger partial charge on any atom is -1.00 e. The fourth-order valence-electron chi connectivity index (χ4n) is 2.25. The second-order valence-electron chi connectivity index (χ2n) is 5.52. The number of aliphatic hydroxyl groups excluding tert-OH is 1. The molecule has 1 N–H and O–H groups in total. The van der Waals surface area contributed by atoms with Gasteiger partial charge in [-0.15, -0.1) is 0 Å². The Kier molecular flexibility index (Phi) is 18.1. The van der Waals surface area contributed by atoms with Crippen molar-refractivity contribution in [2.24, 2.45) is 0 Å². The summed E-state index contributed by atoms with van der Waals surface area (Å²) in [5.41, 5.74) is 0. The van der Waals surface area contributed by atoms with Gasteiger partial charge < -0.3 is 6.53 Å². The van der Waals surface area contributed by atoms with E-state index in [1.165, 1.54) is 51.4 Å². The molecule has 1 atom stereocenters. The third-order valence-electron chi connectivity index (χ3n) is 3.54. The summed E-state index contributed by atoms with van der Waals surface area (Å²) in [5, 5.41) is 9.58.